The van der Waals surface area contributed by atoms with Gasteiger partial charge in [0.1, 0.15) is 0 Å². The van der Waals surface area contributed by atoms with E-state index in [0.29, 0.717) is 11.0 Å². The molecule has 0 N–H and O–H groups in total. The van der Waals surface area contributed by atoms with Crippen molar-refractivity contribution >= 4 is 0 Å². The molecule has 0 aromatic heterocycles. The van der Waals surface area contributed by atoms with E-state index in [0.717, 1.165) is 18.5 Å². The average molecular weight is 250 g/mol. The fourth-order valence-electron chi connectivity index (χ4n) is 5.56. The van der Waals surface area contributed by atoms with Gasteiger partial charge >= 0.3 is 0 Å². The Bertz CT molecular complexity index is 329. The summed E-state index contributed by atoms with van der Waals surface area (Å²) in [6, 6.07) is 0. The van der Waals surface area contributed by atoms with Crippen LogP contribution in [0.5, 0.6) is 0 Å². The lowest BCUT2D eigenvalue weighted by atomic mass is 9.61. The second-order valence-electron chi connectivity index (χ2n) is 7.73. The van der Waals surface area contributed by atoms with E-state index in [4.69, 9.17) is 0 Å². The summed E-state index contributed by atoms with van der Waals surface area (Å²) in [5.41, 5.74) is 0.927. The first kappa shape index (κ1) is 12.9. The summed E-state index contributed by atoms with van der Waals surface area (Å²) in [5, 5.41) is 0. The quantitative estimate of drug-likeness (QED) is 0.705. The zero-order chi connectivity index (χ0) is 13.0. The highest BCUT2D eigenvalue weighted by atomic mass is 15.4. The fourth-order valence-corrected chi connectivity index (χ4v) is 5.56. The molecular formula is C16H30N2. The van der Waals surface area contributed by atoms with Gasteiger partial charge in [-0.15, -0.1) is 0 Å². The highest BCUT2D eigenvalue weighted by molar-refractivity contribution is 5.11. The Kier molecular flexibility index (Phi) is 3.02. The number of nitrogens with zero attached hydrogens (tertiary/aromatic N) is 2. The molecule has 2 saturated carbocycles. The van der Waals surface area contributed by atoms with Gasteiger partial charge in [-0.05, 0) is 57.5 Å². The predicted octanol–water partition coefficient (Wildman–Crippen LogP) is 3.19. The lowest BCUT2D eigenvalue weighted by Gasteiger charge is -2.51. The van der Waals surface area contributed by atoms with E-state index >= 15 is 0 Å². The third kappa shape index (κ3) is 1.61. The Labute approximate surface area is 113 Å². The van der Waals surface area contributed by atoms with Crippen LogP contribution in [0.4, 0.5) is 0 Å². The van der Waals surface area contributed by atoms with E-state index < -0.39 is 0 Å². The van der Waals surface area contributed by atoms with Crippen molar-refractivity contribution in [2.24, 2.45) is 17.3 Å². The van der Waals surface area contributed by atoms with E-state index in [1.165, 1.54) is 45.1 Å². The van der Waals surface area contributed by atoms with Gasteiger partial charge in [-0.25, -0.2) is 0 Å². The van der Waals surface area contributed by atoms with Gasteiger partial charge in [0.15, 0.2) is 0 Å². The van der Waals surface area contributed by atoms with Crippen LogP contribution in [0, 0.1) is 17.3 Å². The monoisotopic (exact) mass is 250 g/mol. The average Bonchev–Trinajstić information content (AvgIpc) is 2.81. The largest absolute Gasteiger partial charge is 0.292 e. The Morgan fingerprint density at radius 3 is 2.39 bits per heavy atom. The number of likely N-dealkylation sites (N-methyl/N-ethyl adjacent to an activating group) is 2. The Balaban J connectivity index is 1.90. The molecule has 3 rings (SSSR count). The van der Waals surface area contributed by atoms with Crippen LogP contribution in [-0.4, -0.2) is 42.6 Å². The van der Waals surface area contributed by atoms with Crippen molar-refractivity contribution in [1.82, 2.24) is 9.80 Å². The fraction of sp³-hybridized carbons (Fsp3) is 1.00. The van der Waals surface area contributed by atoms with Gasteiger partial charge in [-0.3, -0.25) is 9.80 Å². The van der Waals surface area contributed by atoms with Crippen LogP contribution in [0.3, 0.4) is 0 Å². The van der Waals surface area contributed by atoms with Gasteiger partial charge in [-0.2, -0.15) is 0 Å². The van der Waals surface area contributed by atoms with Crippen LogP contribution in [0.1, 0.15) is 52.4 Å². The van der Waals surface area contributed by atoms with Crippen molar-refractivity contribution in [2.75, 3.05) is 27.3 Å². The topological polar surface area (TPSA) is 6.48 Å². The number of rotatable bonds is 1. The second-order valence-corrected chi connectivity index (χ2v) is 7.73. The Morgan fingerprint density at radius 2 is 1.72 bits per heavy atom. The maximum absolute atomic E-state index is 2.63. The smallest absolute Gasteiger partial charge is 0.0507 e. The van der Waals surface area contributed by atoms with Crippen molar-refractivity contribution in [3.05, 3.63) is 0 Å². The third-order valence-electron chi connectivity index (χ3n) is 6.87. The van der Waals surface area contributed by atoms with Crippen LogP contribution >= 0.6 is 0 Å². The predicted molar refractivity (Wildman–Crippen MR) is 76.5 cm³/mol. The van der Waals surface area contributed by atoms with Gasteiger partial charge in [0.2, 0.25) is 0 Å². The summed E-state index contributed by atoms with van der Waals surface area (Å²) in [5.74, 6) is 2.03. The van der Waals surface area contributed by atoms with E-state index in [1.807, 2.05) is 0 Å². The SMILES string of the molecule is CN1CN(C)C(C)(C2(C)CCC3CCCCC32)C1. The third-order valence-corrected chi connectivity index (χ3v) is 6.87. The number of fused-ring (bicyclic) bond motifs is 1. The number of hydrogen-bond donors (Lipinski definition) is 0. The summed E-state index contributed by atoms with van der Waals surface area (Å²) < 4.78 is 0. The molecule has 2 heteroatoms. The van der Waals surface area contributed by atoms with Gasteiger partial charge in [0.05, 0.1) is 6.67 Å². The molecule has 1 aliphatic heterocycles. The molecule has 0 bridgehead atoms. The zero-order valence-electron chi connectivity index (χ0n) is 12.7. The zero-order valence-corrected chi connectivity index (χ0v) is 12.7. The molecule has 2 nitrogen and oxygen atoms in total. The molecule has 4 atom stereocenters. The van der Waals surface area contributed by atoms with Crippen LogP contribution in [0.2, 0.25) is 0 Å². The lowest BCUT2D eigenvalue weighted by molar-refractivity contribution is -0.00643. The Morgan fingerprint density at radius 1 is 1.00 bits per heavy atom. The second kappa shape index (κ2) is 4.21. The summed E-state index contributed by atoms with van der Waals surface area (Å²) in [6.07, 6.45) is 8.92. The summed E-state index contributed by atoms with van der Waals surface area (Å²) in [4.78, 5) is 5.13. The Hall–Kier alpha value is -0.0800. The van der Waals surface area contributed by atoms with Crippen molar-refractivity contribution in [3.8, 4) is 0 Å². The molecule has 2 aliphatic carbocycles. The molecule has 0 spiro atoms. The molecule has 0 radical (unpaired) electrons. The first-order valence-corrected chi connectivity index (χ1v) is 7.87. The number of hydrogen-bond acceptors (Lipinski definition) is 2. The molecule has 1 saturated heterocycles. The van der Waals surface area contributed by atoms with Crippen molar-refractivity contribution < 1.29 is 0 Å². The molecule has 1 heterocycles. The van der Waals surface area contributed by atoms with E-state index in [9.17, 15) is 0 Å². The molecule has 4 unspecified atom stereocenters. The van der Waals surface area contributed by atoms with Gasteiger partial charge in [-0.1, -0.05) is 26.2 Å². The molecule has 3 fully saturated rings. The lowest BCUT2D eigenvalue weighted by Crippen LogP contribution is -2.56. The molecule has 0 aromatic carbocycles. The van der Waals surface area contributed by atoms with Crippen molar-refractivity contribution in [2.45, 2.75) is 57.9 Å². The van der Waals surface area contributed by atoms with Crippen LogP contribution in [-0.2, 0) is 0 Å². The van der Waals surface area contributed by atoms with Gasteiger partial charge in [0, 0.05) is 12.1 Å². The molecule has 18 heavy (non-hydrogen) atoms. The highest BCUT2D eigenvalue weighted by Crippen LogP contribution is 2.59. The first-order chi connectivity index (χ1) is 8.47. The van der Waals surface area contributed by atoms with Crippen molar-refractivity contribution in [1.29, 1.82) is 0 Å². The van der Waals surface area contributed by atoms with Crippen LogP contribution < -0.4 is 0 Å². The standard InChI is InChI=1S/C16H30N2/c1-15(16(2)11-17(3)12-18(16)4)10-9-13-7-5-6-8-14(13)15/h13-14H,5-12H2,1-4H3. The van der Waals surface area contributed by atoms with Crippen LogP contribution in [0.25, 0.3) is 0 Å². The van der Waals surface area contributed by atoms with Crippen LogP contribution in [0.15, 0.2) is 0 Å². The summed E-state index contributed by atoms with van der Waals surface area (Å²) in [6.45, 7) is 7.54. The maximum atomic E-state index is 2.63. The maximum Gasteiger partial charge on any atom is 0.0507 e. The highest BCUT2D eigenvalue weighted by Gasteiger charge is 2.58. The minimum absolute atomic E-state index is 0.387. The normalized spacial score (nSPS) is 50.7. The molecule has 3 aliphatic rings. The van der Waals surface area contributed by atoms with Crippen molar-refractivity contribution in [3.63, 3.8) is 0 Å². The molecule has 104 valence electrons. The summed E-state index contributed by atoms with van der Waals surface area (Å²) in [7, 11) is 4.61. The van der Waals surface area contributed by atoms with Gasteiger partial charge < -0.3 is 0 Å². The van der Waals surface area contributed by atoms with E-state index in [1.54, 1.807) is 0 Å². The molecule has 0 amide bonds. The molecular weight excluding hydrogens is 220 g/mol. The summed E-state index contributed by atoms with van der Waals surface area (Å²) >= 11 is 0. The molecule has 0 aromatic rings. The minimum Gasteiger partial charge on any atom is -0.292 e. The van der Waals surface area contributed by atoms with Gasteiger partial charge in [0.25, 0.3) is 0 Å². The minimum atomic E-state index is 0.387. The first-order valence-electron chi connectivity index (χ1n) is 7.87. The van der Waals surface area contributed by atoms with E-state index in [-0.39, 0.29) is 0 Å². The van der Waals surface area contributed by atoms with E-state index in [2.05, 4.69) is 37.7 Å².